The van der Waals surface area contributed by atoms with Crippen LogP contribution in [0.3, 0.4) is 0 Å². The molecule has 70 heavy (non-hydrogen) atoms. The number of carbonyl (C=O) groups is 1. The molecule has 0 aromatic carbocycles. The van der Waals surface area contributed by atoms with E-state index in [-0.39, 0.29) is 12.5 Å². The summed E-state index contributed by atoms with van der Waals surface area (Å²) in [5.41, 5.74) is 0. The quantitative estimate of drug-likeness (QED) is 0.0361. The Balaban J connectivity index is 3.50. The third kappa shape index (κ3) is 54.6. The first-order chi connectivity index (χ1) is 34.6. The third-order valence-corrected chi connectivity index (χ3v) is 15.3. The van der Waals surface area contributed by atoms with Crippen LogP contribution in [0, 0.1) is 0 Å². The normalized spacial score (nSPS) is 13.3. The average molecular weight is 987 g/mol. The van der Waals surface area contributed by atoms with Gasteiger partial charge in [-0.05, 0) is 64.2 Å². The maximum Gasteiger partial charge on any atom is 0.220 e. The van der Waals surface area contributed by atoms with E-state index in [1.165, 1.54) is 295 Å². The molecule has 0 aromatic heterocycles. The number of aliphatic hydroxyl groups excluding tert-OH is 3. The number of nitrogens with one attached hydrogen (secondary N) is 1. The molecule has 0 heterocycles. The highest BCUT2D eigenvalue weighted by atomic mass is 16.3. The number of carbonyl (C=O) groups excluding carboxylic acids is 1. The van der Waals surface area contributed by atoms with Gasteiger partial charge in [0.05, 0.1) is 18.8 Å². The van der Waals surface area contributed by atoms with E-state index < -0.39 is 18.2 Å². The Bertz CT molecular complexity index is 1040. The smallest absolute Gasteiger partial charge is 0.220 e. The zero-order valence-electron chi connectivity index (χ0n) is 47.7. The highest BCUT2D eigenvalue weighted by molar-refractivity contribution is 5.76. The SMILES string of the molecule is CCCCCCCCCCCCCC/C=C\CCCCCCCCCCCCCCCCCCC(=O)NC(CO)C(O)C(O)CCC/C=C/CCCCCCCCCCCCCCCCCCCCC. The predicted octanol–water partition coefficient (Wildman–Crippen LogP) is 20.4. The van der Waals surface area contributed by atoms with E-state index in [2.05, 4.69) is 43.5 Å². The first kappa shape index (κ1) is 68.8. The third-order valence-electron chi connectivity index (χ3n) is 15.3. The Labute approximate surface area is 439 Å². The average Bonchev–Trinajstić information content (AvgIpc) is 3.36. The van der Waals surface area contributed by atoms with Crippen LogP contribution >= 0.6 is 0 Å². The van der Waals surface area contributed by atoms with Crippen LogP contribution in [0.4, 0.5) is 0 Å². The molecule has 0 aromatic rings. The molecule has 0 aliphatic rings. The van der Waals surface area contributed by atoms with Gasteiger partial charge in [0.1, 0.15) is 6.10 Å². The molecule has 416 valence electrons. The highest BCUT2D eigenvalue weighted by Gasteiger charge is 2.26. The Morgan fingerprint density at radius 3 is 0.829 bits per heavy atom. The van der Waals surface area contributed by atoms with E-state index in [0.717, 1.165) is 38.5 Å². The number of allylic oxidation sites excluding steroid dienone is 4. The second kappa shape index (κ2) is 60.4. The molecule has 0 rings (SSSR count). The van der Waals surface area contributed by atoms with Crippen molar-refractivity contribution in [3.63, 3.8) is 0 Å². The summed E-state index contributed by atoms with van der Waals surface area (Å²) in [4.78, 5) is 12.6. The van der Waals surface area contributed by atoms with Gasteiger partial charge in [-0.2, -0.15) is 0 Å². The van der Waals surface area contributed by atoms with Crippen molar-refractivity contribution in [2.75, 3.05) is 6.61 Å². The molecule has 0 saturated carbocycles. The van der Waals surface area contributed by atoms with E-state index in [1.807, 2.05) is 0 Å². The van der Waals surface area contributed by atoms with Crippen LogP contribution in [0.5, 0.6) is 0 Å². The van der Waals surface area contributed by atoms with Gasteiger partial charge in [-0.3, -0.25) is 4.79 Å². The van der Waals surface area contributed by atoms with Crippen LogP contribution < -0.4 is 5.32 Å². The Hall–Kier alpha value is -1.17. The Morgan fingerprint density at radius 1 is 0.343 bits per heavy atom. The molecule has 4 N–H and O–H groups in total. The number of aliphatic hydroxyl groups is 3. The van der Waals surface area contributed by atoms with Crippen molar-refractivity contribution in [3.8, 4) is 0 Å². The van der Waals surface area contributed by atoms with Crippen LogP contribution in [0.1, 0.15) is 361 Å². The minimum atomic E-state index is -1.16. The molecule has 0 radical (unpaired) electrons. The fourth-order valence-electron chi connectivity index (χ4n) is 10.3. The maximum absolute atomic E-state index is 12.6. The summed E-state index contributed by atoms with van der Waals surface area (Å²) in [7, 11) is 0. The van der Waals surface area contributed by atoms with Gasteiger partial charge >= 0.3 is 0 Å². The monoisotopic (exact) mass is 986 g/mol. The first-order valence-electron chi connectivity index (χ1n) is 32.1. The van der Waals surface area contributed by atoms with Crippen LogP contribution in [0.15, 0.2) is 24.3 Å². The van der Waals surface area contributed by atoms with E-state index in [9.17, 15) is 20.1 Å². The maximum atomic E-state index is 12.6. The number of hydrogen-bond acceptors (Lipinski definition) is 4. The van der Waals surface area contributed by atoms with Crippen molar-refractivity contribution in [3.05, 3.63) is 24.3 Å². The van der Waals surface area contributed by atoms with Gasteiger partial charge < -0.3 is 20.6 Å². The molecule has 1 amide bonds. The van der Waals surface area contributed by atoms with E-state index in [1.54, 1.807) is 0 Å². The molecule has 5 heteroatoms. The van der Waals surface area contributed by atoms with E-state index >= 15 is 0 Å². The molecule has 5 nitrogen and oxygen atoms in total. The lowest BCUT2D eigenvalue weighted by Crippen LogP contribution is -2.50. The number of hydrogen-bond donors (Lipinski definition) is 4. The van der Waals surface area contributed by atoms with Gasteiger partial charge in [0, 0.05) is 6.42 Å². The zero-order chi connectivity index (χ0) is 50.7. The van der Waals surface area contributed by atoms with Crippen LogP contribution in [-0.2, 0) is 4.79 Å². The van der Waals surface area contributed by atoms with Crippen LogP contribution in [-0.4, -0.2) is 46.1 Å². The van der Waals surface area contributed by atoms with Crippen LogP contribution in [0.25, 0.3) is 0 Å². The first-order valence-corrected chi connectivity index (χ1v) is 32.1. The lowest BCUT2D eigenvalue weighted by Gasteiger charge is -2.26. The zero-order valence-corrected chi connectivity index (χ0v) is 47.7. The molecule has 3 unspecified atom stereocenters. The minimum Gasteiger partial charge on any atom is -0.394 e. The van der Waals surface area contributed by atoms with Crippen molar-refractivity contribution < 1.29 is 20.1 Å². The number of amides is 1. The lowest BCUT2D eigenvalue weighted by atomic mass is 10.0. The van der Waals surface area contributed by atoms with Gasteiger partial charge in [0.25, 0.3) is 0 Å². The Kier molecular flexibility index (Phi) is 59.4. The van der Waals surface area contributed by atoms with Gasteiger partial charge in [-0.15, -0.1) is 0 Å². The largest absolute Gasteiger partial charge is 0.394 e. The fraction of sp³-hybridized carbons (Fsp3) is 0.923. The van der Waals surface area contributed by atoms with E-state index in [4.69, 9.17) is 0 Å². The summed E-state index contributed by atoms with van der Waals surface area (Å²) in [5.74, 6) is -0.147. The van der Waals surface area contributed by atoms with Crippen molar-refractivity contribution in [1.82, 2.24) is 5.32 Å². The molecule has 0 bridgehead atoms. The summed E-state index contributed by atoms with van der Waals surface area (Å²) in [6.07, 6.45) is 78.0. The topological polar surface area (TPSA) is 89.8 Å². The molecule has 3 atom stereocenters. The van der Waals surface area contributed by atoms with Crippen molar-refractivity contribution in [2.45, 2.75) is 379 Å². The molecule has 0 fully saturated rings. The molecular weight excluding hydrogens is 859 g/mol. The van der Waals surface area contributed by atoms with Gasteiger partial charge in [0.15, 0.2) is 0 Å². The Morgan fingerprint density at radius 2 is 0.571 bits per heavy atom. The van der Waals surface area contributed by atoms with Crippen LogP contribution in [0.2, 0.25) is 0 Å². The molecule has 0 saturated heterocycles. The van der Waals surface area contributed by atoms with Gasteiger partial charge in [0.2, 0.25) is 5.91 Å². The highest BCUT2D eigenvalue weighted by Crippen LogP contribution is 2.18. The summed E-state index contributed by atoms with van der Waals surface area (Å²) in [6, 6.07) is -0.825. The molecular formula is C65H127NO4. The predicted molar refractivity (Wildman–Crippen MR) is 310 cm³/mol. The van der Waals surface area contributed by atoms with E-state index in [0.29, 0.717) is 12.8 Å². The second-order valence-electron chi connectivity index (χ2n) is 22.3. The molecule has 0 aliphatic carbocycles. The summed E-state index contributed by atoms with van der Waals surface area (Å²) in [6.45, 7) is 4.22. The molecule has 0 spiro atoms. The van der Waals surface area contributed by atoms with Gasteiger partial charge in [-0.25, -0.2) is 0 Å². The number of unbranched alkanes of at least 4 members (excludes halogenated alkanes) is 48. The van der Waals surface area contributed by atoms with Gasteiger partial charge in [-0.1, -0.05) is 314 Å². The number of rotatable bonds is 60. The molecule has 0 aliphatic heterocycles. The minimum absolute atomic E-state index is 0.147. The van der Waals surface area contributed by atoms with Crippen molar-refractivity contribution >= 4 is 5.91 Å². The van der Waals surface area contributed by atoms with Crippen molar-refractivity contribution in [1.29, 1.82) is 0 Å². The second-order valence-corrected chi connectivity index (χ2v) is 22.3. The van der Waals surface area contributed by atoms with Crippen molar-refractivity contribution in [2.24, 2.45) is 0 Å². The fourth-order valence-corrected chi connectivity index (χ4v) is 10.3. The summed E-state index contributed by atoms with van der Waals surface area (Å²) in [5, 5.41) is 33.8. The summed E-state index contributed by atoms with van der Waals surface area (Å²) >= 11 is 0. The summed E-state index contributed by atoms with van der Waals surface area (Å²) < 4.78 is 0. The lowest BCUT2D eigenvalue weighted by molar-refractivity contribution is -0.124. The standard InChI is InChI=1S/C65H127NO4/c1-3-5-7-9-11-13-15-17-19-21-23-25-27-29-30-31-32-33-34-35-36-38-40-42-44-46-48-50-52-54-56-58-60-64(69)66-62(61-67)65(70)63(68)59-57-55-53-51-49-47-45-43-41-39-37-28-26-24-22-20-18-16-14-12-10-8-6-4-2/h29-30,51,53,62-63,65,67-68,70H,3-28,31-50,52,54-61H2,1-2H3,(H,66,69)/b30-29-,53-51+.